The fourth-order valence-corrected chi connectivity index (χ4v) is 1.95. The number of anilines is 1. The molecule has 2 rings (SSSR count). The molecule has 4 nitrogen and oxygen atoms in total. The quantitative estimate of drug-likeness (QED) is 0.596. The molecule has 0 unspecified atom stereocenters. The molecule has 1 aromatic rings. The van der Waals surface area contributed by atoms with E-state index < -0.39 is 0 Å². The molecule has 3 N–H and O–H groups in total. The van der Waals surface area contributed by atoms with Crippen LogP contribution in [-0.2, 0) is 0 Å². The summed E-state index contributed by atoms with van der Waals surface area (Å²) in [5.74, 6) is 1.81. The minimum Gasteiger partial charge on any atom is -0.384 e. The van der Waals surface area contributed by atoms with Crippen molar-refractivity contribution in [3.63, 3.8) is 0 Å². The second kappa shape index (κ2) is 4.51. The van der Waals surface area contributed by atoms with Gasteiger partial charge in [0.2, 0.25) is 0 Å². The van der Waals surface area contributed by atoms with Crippen molar-refractivity contribution in [3.8, 4) is 0 Å². The Bertz CT molecular complexity index is 384. The van der Waals surface area contributed by atoms with Gasteiger partial charge in [0.15, 0.2) is 0 Å². The largest absolute Gasteiger partial charge is 0.384 e. The Labute approximate surface area is 96.0 Å². The smallest absolute Gasteiger partial charge is 0.128 e. The van der Waals surface area contributed by atoms with Crippen molar-refractivity contribution in [2.45, 2.75) is 19.3 Å². The van der Waals surface area contributed by atoms with Crippen molar-refractivity contribution in [2.75, 3.05) is 18.5 Å². The number of hydrogen-bond acceptors (Lipinski definition) is 3. The first-order chi connectivity index (χ1) is 7.66. The van der Waals surface area contributed by atoms with Crippen LogP contribution >= 0.6 is 0 Å². The molecule has 0 aromatic carbocycles. The molecule has 1 aromatic heterocycles. The summed E-state index contributed by atoms with van der Waals surface area (Å²) >= 11 is 0. The summed E-state index contributed by atoms with van der Waals surface area (Å²) in [6.45, 7) is 1.05. The van der Waals surface area contributed by atoms with E-state index in [1.54, 1.807) is 12.3 Å². The lowest BCUT2D eigenvalue weighted by Crippen LogP contribution is -2.30. The van der Waals surface area contributed by atoms with E-state index in [4.69, 9.17) is 11.1 Å². The van der Waals surface area contributed by atoms with Crippen LogP contribution in [-0.4, -0.2) is 24.4 Å². The van der Waals surface area contributed by atoms with Crippen molar-refractivity contribution in [2.24, 2.45) is 11.7 Å². The SMILES string of the molecule is CN(CC1CCC1)c1cc(C(=N)N)ccn1. The van der Waals surface area contributed by atoms with Crippen LogP contribution in [0, 0.1) is 11.3 Å². The molecule has 4 heteroatoms. The zero-order valence-electron chi connectivity index (χ0n) is 9.61. The van der Waals surface area contributed by atoms with E-state index in [9.17, 15) is 0 Å². The van der Waals surface area contributed by atoms with Gasteiger partial charge in [-0.3, -0.25) is 5.41 Å². The summed E-state index contributed by atoms with van der Waals surface area (Å²) in [6, 6.07) is 3.64. The van der Waals surface area contributed by atoms with E-state index in [2.05, 4.69) is 9.88 Å². The molecule has 0 radical (unpaired) electrons. The van der Waals surface area contributed by atoms with E-state index in [1.165, 1.54) is 19.3 Å². The van der Waals surface area contributed by atoms with Gasteiger partial charge in [0, 0.05) is 25.4 Å². The van der Waals surface area contributed by atoms with Crippen LogP contribution in [0.3, 0.4) is 0 Å². The second-order valence-corrected chi connectivity index (χ2v) is 4.49. The summed E-state index contributed by atoms with van der Waals surface area (Å²) in [6.07, 6.45) is 5.73. The summed E-state index contributed by atoms with van der Waals surface area (Å²) in [4.78, 5) is 6.46. The van der Waals surface area contributed by atoms with E-state index in [0.29, 0.717) is 0 Å². The van der Waals surface area contributed by atoms with Gasteiger partial charge >= 0.3 is 0 Å². The topological polar surface area (TPSA) is 66.0 Å². The standard InChI is InChI=1S/C12H18N4/c1-16(8-9-3-2-4-9)11-7-10(12(13)14)5-6-15-11/h5-7,9H,2-4,8H2,1H3,(H3,13,14). The third kappa shape index (κ3) is 2.32. The Morgan fingerprint density at radius 1 is 1.62 bits per heavy atom. The second-order valence-electron chi connectivity index (χ2n) is 4.49. The van der Waals surface area contributed by atoms with Crippen LogP contribution in [0.2, 0.25) is 0 Å². The monoisotopic (exact) mass is 218 g/mol. The Morgan fingerprint density at radius 3 is 2.94 bits per heavy atom. The molecule has 1 heterocycles. The number of amidine groups is 1. The Hall–Kier alpha value is -1.58. The minimum absolute atomic E-state index is 0.0979. The van der Waals surface area contributed by atoms with Crippen LogP contribution in [0.5, 0.6) is 0 Å². The van der Waals surface area contributed by atoms with Crippen LogP contribution in [0.4, 0.5) is 5.82 Å². The van der Waals surface area contributed by atoms with E-state index in [1.807, 2.05) is 13.1 Å². The lowest BCUT2D eigenvalue weighted by molar-refractivity contribution is 0.321. The predicted octanol–water partition coefficient (Wildman–Crippen LogP) is 1.60. The summed E-state index contributed by atoms with van der Waals surface area (Å²) in [7, 11) is 2.05. The number of nitrogens with zero attached hydrogens (tertiary/aromatic N) is 2. The first-order valence-corrected chi connectivity index (χ1v) is 5.68. The summed E-state index contributed by atoms with van der Waals surface area (Å²) in [5, 5.41) is 7.39. The highest BCUT2D eigenvalue weighted by Crippen LogP contribution is 2.27. The summed E-state index contributed by atoms with van der Waals surface area (Å²) < 4.78 is 0. The molecule has 0 atom stereocenters. The molecule has 1 aliphatic rings. The van der Waals surface area contributed by atoms with Gasteiger partial charge in [0.1, 0.15) is 11.7 Å². The van der Waals surface area contributed by atoms with Crippen molar-refractivity contribution >= 4 is 11.7 Å². The van der Waals surface area contributed by atoms with E-state index >= 15 is 0 Å². The molecule has 1 saturated carbocycles. The normalized spacial score (nSPS) is 15.6. The van der Waals surface area contributed by atoms with Gasteiger partial charge in [0.05, 0.1) is 0 Å². The zero-order valence-corrected chi connectivity index (χ0v) is 9.61. The number of nitrogens with two attached hydrogens (primary N) is 1. The van der Waals surface area contributed by atoms with Gasteiger partial charge in [0.25, 0.3) is 0 Å². The molecule has 1 fully saturated rings. The van der Waals surface area contributed by atoms with Gasteiger partial charge in [-0.1, -0.05) is 6.42 Å². The maximum atomic E-state index is 7.39. The van der Waals surface area contributed by atoms with Crippen LogP contribution < -0.4 is 10.6 Å². The highest BCUT2D eigenvalue weighted by atomic mass is 15.2. The minimum atomic E-state index is 0.0979. The first-order valence-electron chi connectivity index (χ1n) is 5.68. The van der Waals surface area contributed by atoms with Gasteiger partial charge in [-0.05, 0) is 30.9 Å². The van der Waals surface area contributed by atoms with Gasteiger partial charge in [-0.15, -0.1) is 0 Å². The maximum Gasteiger partial charge on any atom is 0.128 e. The van der Waals surface area contributed by atoms with Crippen LogP contribution in [0.1, 0.15) is 24.8 Å². The molecule has 0 bridgehead atoms. The highest BCUT2D eigenvalue weighted by molar-refractivity contribution is 5.95. The molecule has 86 valence electrons. The molecule has 1 aliphatic carbocycles. The molecular weight excluding hydrogens is 200 g/mol. The van der Waals surface area contributed by atoms with Crippen molar-refractivity contribution in [1.29, 1.82) is 5.41 Å². The number of aromatic nitrogens is 1. The van der Waals surface area contributed by atoms with Gasteiger partial charge < -0.3 is 10.6 Å². The first kappa shape index (κ1) is 10.9. The number of hydrogen-bond donors (Lipinski definition) is 2. The highest BCUT2D eigenvalue weighted by Gasteiger charge is 2.19. The van der Waals surface area contributed by atoms with Gasteiger partial charge in [-0.25, -0.2) is 4.98 Å². The molecule has 0 amide bonds. The van der Waals surface area contributed by atoms with E-state index in [-0.39, 0.29) is 5.84 Å². The third-order valence-corrected chi connectivity index (χ3v) is 3.20. The molecule has 16 heavy (non-hydrogen) atoms. The van der Waals surface area contributed by atoms with E-state index in [0.717, 1.165) is 23.8 Å². The van der Waals surface area contributed by atoms with Crippen LogP contribution in [0.25, 0.3) is 0 Å². The van der Waals surface area contributed by atoms with Gasteiger partial charge in [-0.2, -0.15) is 0 Å². The molecular formula is C12H18N4. The Kier molecular flexibility index (Phi) is 3.08. The average molecular weight is 218 g/mol. The van der Waals surface area contributed by atoms with Crippen LogP contribution in [0.15, 0.2) is 18.3 Å². The lowest BCUT2D eigenvalue weighted by Gasteiger charge is -2.30. The molecule has 0 spiro atoms. The van der Waals surface area contributed by atoms with Crippen molar-refractivity contribution in [3.05, 3.63) is 23.9 Å². The predicted molar refractivity (Wildman–Crippen MR) is 65.9 cm³/mol. The van der Waals surface area contributed by atoms with Crippen molar-refractivity contribution in [1.82, 2.24) is 4.98 Å². The lowest BCUT2D eigenvalue weighted by atomic mass is 9.85. The number of pyridine rings is 1. The maximum absolute atomic E-state index is 7.39. The fourth-order valence-electron chi connectivity index (χ4n) is 1.95. The van der Waals surface area contributed by atoms with Crippen molar-refractivity contribution < 1.29 is 0 Å². The average Bonchev–Trinajstić information content (AvgIpc) is 2.23. The third-order valence-electron chi connectivity index (χ3n) is 3.20. The summed E-state index contributed by atoms with van der Waals surface area (Å²) in [5.41, 5.74) is 6.20. The fraction of sp³-hybridized carbons (Fsp3) is 0.500. The number of nitrogens with one attached hydrogen (secondary N) is 1. The Balaban J connectivity index is 2.06. The number of nitrogen functional groups attached to an aromatic ring is 1. The Morgan fingerprint density at radius 2 is 2.38 bits per heavy atom. The molecule has 0 aliphatic heterocycles. The number of rotatable bonds is 4. The zero-order chi connectivity index (χ0) is 11.5. The molecule has 0 saturated heterocycles.